The molecular formula is C16H19N3O3S. The van der Waals surface area contributed by atoms with Crippen LogP contribution in [-0.4, -0.2) is 46.8 Å². The largest absolute Gasteiger partial charge is 0.425 e. The van der Waals surface area contributed by atoms with Gasteiger partial charge in [-0.25, -0.2) is 0 Å². The van der Waals surface area contributed by atoms with Crippen molar-refractivity contribution in [3.05, 3.63) is 33.2 Å². The van der Waals surface area contributed by atoms with Gasteiger partial charge in [-0.1, -0.05) is 0 Å². The molecule has 23 heavy (non-hydrogen) atoms. The molecule has 2 saturated heterocycles. The van der Waals surface area contributed by atoms with Gasteiger partial charge < -0.3 is 14.1 Å². The van der Waals surface area contributed by atoms with Crippen molar-refractivity contribution in [1.29, 1.82) is 0 Å². The van der Waals surface area contributed by atoms with Crippen LogP contribution in [-0.2, 0) is 4.74 Å². The Hall–Kier alpha value is -1.73. The topological polar surface area (TPSA) is 68.5 Å². The lowest BCUT2D eigenvalue weighted by Crippen LogP contribution is -2.30. The second-order valence-corrected chi connectivity index (χ2v) is 7.62. The minimum absolute atomic E-state index is 0.0679. The summed E-state index contributed by atoms with van der Waals surface area (Å²) in [5, 5.41) is 8.04. The van der Waals surface area contributed by atoms with Gasteiger partial charge in [0, 0.05) is 30.8 Å². The SMILES string of the molecule is Cc1nnc([C@H]2CO[C@H]3CN(C(=O)c4cc(C)c(C)s4)C[C@H]32)o1. The summed E-state index contributed by atoms with van der Waals surface area (Å²) in [5.41, 5.74) is 1.17. The molecule has 2 aliphatic heterocycles. The zero-order chi connectivity index (χ0) is 16.1. The number of fused-ring (bicyclic) bond motifs is 1. The van der Waals surface area contributed by atoms with Crippen molar-refractivity contribution in [2.45, 2.75) is 32.8 Å². The first-order chi connectivity index (χ1) is 11.0. The number of carbonyl (C=O) groups is 1. The Morgan fingerprint density at radius 3 is 2.78 bits per heavy atom. The molecule has 4 heterocycles. The molecule has 0 radical (unpaired) electrons. The van der Waals surface area contributed by atoms with Crippen LogP contribution in [0.1, 0.15) is 37.8 Å². The fourth-order valence-electron chi connectivity index (χ4n) is 3.43. The molecule has 0 saturated carbocycles. The minimum atomic E-state index is 0.0679. The molecule has 0 spiro atoms. The van der Waals surface area contributed by atoms with E-state index >= 15 is 0 Å². The Kier molecular flexibility index (Phi) is 3.50. The van der Waals surface area contributed by atoms with Gasteiger partial charge in [-0.15, -0.1) is 21.5 Å². The number of carbonyl (C=O) groups excluding carboxylic acids is 1. The standard InChI is InChI=1S/C16H19N3O3S/c1-8-4-14(23-9(8)2)16(20)19-5-11-12(7-21-13(11)6-19)15-18-17-10(3)22-15/h4,11-13H,5-7H2,1-3H3/t11-,12-,13-/m0/s1. The van der Waals surface area contributed by atoms with Crippen LogP contribution in [0, 0.1) is 26.7 Å². The summed E-state index contributed by atoms with van der Waals surface area (Å²) in [6.45, 7) is 7.80. The van der Waals surface area contributed by atoms with E-state index in [-0.39, 0.29) is 23.8 Å². The first-order valence-electron chi connectivity index (χ1n) is 7.81. The lowest BCUT2D eigenvalue weighted by atomic mass is 9.93. The summed E-state index contributed by atoms with van der Waals surface area (Å²) in [5.74, 6) is 1.63. The molecule has 0 aromatic carbocycles. The predicted molar refractivity (Wildman–Crippen MR) is 84.7 cm³/mol. The van der Waals surface area contributed by atoms with Crippen LogP contribution in [0.25, 0.3) is 0 Å². The number of amides is 1. The van der Waals surface area contributed by atoms with Crippen LogP contribution in [0.5, 0.6) is 0 Å². The van der Waals surface area contributed by atoms with E-state index in [1.54, 1.807) is 18.3 Å². The van der Waals surface area contributed by atoms with E-state index in [0.717, 1.165) is 4.88 Å². The Labute approximate surface area is 138 Å². The Morgan fingerprint density at radius 1 is 1.30 bits per heavy atom. The first-order valence-corrected chi connectivity index (χ1v) is 8.62. The van der Waals surface area contributed by atoms with Gasteiger partial charge in [0.25, 0.3) is 5.91 Å². The molecule has 0 unspecified atom stereocenters. The third-order valence-corrected chi connectivity index (χ3v) is 5.98. The number of aromatic nitrogens is 2. The monoisotopic (exact) mass is 333 g/mol. The molecule has 0 aliphatic carbocycles. The van der Waals surface area contributed by atoms with E-state index < -0.39 is 0 Å². The molecule has 4 rings (SSSR count). The van der Waals surface area contributed by atoms with Gasteiger partial charge in [-0.2, -0.15) is 0 Å². The third-order valence-electron chi connectivity index (χ3n) is 4.84. The Balaban J connectivity index is 1.51. The van der Waals surface area contributed by atoms with Crippen LogP contribution < -0.4 is 0 Å². The average Bonchev–Trinajstić information content (AvgIpc) is 3.24. The Morgan fingerprint density at radius 2 is 2.13 bits per heavy atom. The third kappa shape index (κ3) is 2.48. The van der Waals surface area contributed by atoms with Crippen molar-refractivity contribution in [1.82, 2.24) is 15.1 Å². The van der Waals surface area contributed by atoms with Crippen LogP contribution in [0.3, 0.4) is 0 Å². The maximum absolute atomic E-state index is 12.7. The van der Waals surface area contributed by atoms with Crippen molar-refractivity contribution in [2.75, 3.05) is 19.7 Å². The van der Waals surface area contributed by atoms with E-state index in [9.17, 15) is 4.79 Å². The molecular weight excluding hydrogens is 314 g/mol. The van der Waals surface area contributed by atoms with Crippen molar-refractivity contribution in [2.24, 2.45) is 5.92 Å². The highest BCUT2D eigenvalue weighted by Crippen LogP contribution is 2.40. The molecule has 2 aromatic rings. The van der Waals surface area contributed by atoms with Crippen LogP contribution in [0.15, 0.2) is 10.5 Å². The zero-order valence-corrected chi connectivity index (χ0v) is 14.2. The number of thiophene rings is 1. The van der Waals surface area contributed by atoms with Crippen molar-refractivity contribution in [3.8, 4) is 0 Å². The summed E-state index contributed by atoms with van der Waals surface area (Å²) in [6, 6.07) is 1.98. The summed E-state index contributed by atoms with van der Waals surface area (Å²) in [4.78, 5) is 16.6. The second kappa shape index (κ2) is 5.42. The summed E-state index contributed by atoms with van der Waals surface area (Å²) in [6.07, 6.45) is 0.0679. The lowest BCUT2D eigenvalue weighted by Gasteiger charge is -2.17. The Bertz CT molecular complexity index is 734. The zero-order valence-electron chi connectivity index (χ0n) is 13.4. The molecule has 0 bridgehead atoms. The fourth-order valence-corrected chi connectivity index (χ4v) is 4.43. The van der Waals surface area contributed by atoms with Gasteiger partial charge in [-0.05, 0) is 25.5 Å². The van der Waals surface area contributed by atoms with Crippen molar-refractivity contribution < 1.29 is 13.9 Å². The molecule has 7 heteroatoms. The highest BCUT2D eigenvalue weighted by molar-refractivity contribution is 7.14. The van der Waals surface area contributed by atoms with Crippen molar-refractivity contribution >= 4 is 17.2 Å². The van der Waals surface area contributed by atoms with E-state index in [2.05, 4.69) is 10.2 Å². The highest BCUT2D eigenvalue weighted by atomic mass is 32.1. The second-order valence-electron chi connectivity index (χ2n) is 6.36. The number of likely N-dealkylation sites (tertiary alicyclic amines) is 1. The molecule has 2 aromatic heterocycles. The van der Waals surface area contributed by atoms with E-state index in [0.29, 0.717) is 31.5 Å². The molecule has 3 atom stereocenters. The van der Waals surface area contributed by atoms with Gasteiger partial charge in [0.1, 0.15) is 0 Å². The normalized spacial score (nSPS) is 26.7. The number of hydrogen-bond donors (Lipinski definition) is 0. The summed E-state index contributed by atoms with van der Waals surface area (Å²) >= 11 is 1.57. The number of aryl methyl sites for hydroxylation is 3. The fraction of sp³-hybridized carbons (Fsp3) is 0.562. The smallest absolute Gasteiger partial charge is 0.264 e. The van der Waals surface area contributed by atoms with Gasteiger partial charge in [0.05, 0.1) is 23.5 Å². The van der Waals surface area contributed by atoms with Gasteiger partial charge in [0.2, 0.25) is 11.8 Å². The average molecular weight is 333 g/mol. The summed E-state index contributed by atoms with van der Waals surface area (Å²) in [7, 11) is 0. The maximum atomic E-state index is 12.7. The van der Waals surface area contributed by atoms with Gasteiger partial charge in [-0.3, -0.25) is 4.79 Å². The van der Waals surface area contributed by atoms with Crippen LogP contribution in [0.2, 0.25) is 0 Å². The lowest BCUT2D eigenvalue weighted by molar-refractivity contribution is 0.0690. The number of nitrogens with zero attached hydrogens (tertiary/aromatic N) is 3. The van der Waals surface area contributed by atoms with E-state index in [1.807, 2.05) is 24.8 Å². The summed E-state index contributed by atoms with van der Waals surface area (Å²) < 4.78 is 11.5. The molecule has 122 valence electrons. The quantitative estimate of drug-likeness (QED) is 0.843. The molecule has 0 N–H and O–H groups in total. The highest BCUT2D eigenvalue weighted by Gasteiger charge is 2.48. The van der Waals surface area contributed by atoms with Crippen LogP contribution in [0.4, 0.5) is 0 Å². The minimum Gasteiger partial charge on any atom is -0.425 e. The van der Waals surface area contributed by atoms with Crippen LogP contribution >= 0.6 is 11.3 Å². The molecule has 2 aliphatic rings. The number of hydrogen-bond acceptors (Lipinski definition) is 6. The van der Waals surface area contributed by atoms with E-state index in [4.69, 9.17) is 9.15 Å². The predicted octanol–water partition coefficient (Wildman–Crippen LogP) is 2.31. The molecule has 2 fully saturated rings. The van der Waals surface area contributed by atoms with Gasteiger partial charge in [0.15, 0.2) is 0 Å². The molecule has 1 amide bonds. The van der Waals surface area contributed by atoms with E-state index in [1.165, 1.54) is 10.4 Å². The number of ether oxygens (including phenoxy) is 1. The first kappa shape index (κ1) is 14.8. The molecule has 6 nitrogen and oxygen atoms in total. The van der Waals surface area contributed by atoms with Gasteiger partial charge >= 0.3 is 0 Å². The maximum Gasteiger partial charge on any atom is 0.264 e. The van der Waals surface area contributed by atoms with Crippen molar-refractivity contribution in [3.63, 3.8) is 0 Å². The number of rotatable bonds is 2.